The lowest BCUT2D eigenvalue weighted by molar-refractivity contribution is -0.132. The molecule has 1 atom stereocenters. The number of amides is 2. The minimum atomic E-state index is 0. The molecule has 0 saturated carbocycles. The van der Waals surface area contributed by atoms with Gasteiger partial charge >= 0.3 is 0 Å². The Labute approximate surface area is 145 Å². The number of halogens is 2. The van der Waals surface area contributed by atoms with Crippen molar-refractivity contribution in [1.29, 1.82) is 0 Å². The van der Waals surface area contributed by atoms with Crippen molar-refractivity contribution in [3.8, 4) is 0 Å². The van der Waals surface area contributed by atoms with Gasteiger partial charge in [0.25, 0.3) is 0 Å². The highest BCUT2D eigenvalue weighted by Gasteiger charge is 2.22. The van der Waals surface area contributed by atoms with Crippen LogP contribution in [0.3, 0.4) is 0 Å². The van der Waals surface area contributed by atoms with Crippen LogP contribution in [-0.4, -0.2) is 74.5 Å². The van der Waals surface area contributed by atoms with Crippen molar-refractivity contribution in [2.75, 3.05) is 52.9 Å². The lowest BCUT2D eigenvalue weighted by Gasteiger charge is -2.32. The van der Waals surface area contributed by atoms with Crippen LogP contribution in [0.25, 0.3) is 0 Å². The molecular formula is C14H28Cl2N4O2. The number of carbonyl (C=O) groups excluding carboxylic acids is 2. The van der Waals surface area contributed by atoms with Crippen molar-refractivity contribution in [2.24, 2.45) is 5.92 Å². The lowest BCUT2D eigenvalue weighted by atomic mass is 9.99. The van der Waals surface area contributed by atoms with Crippen molar-refractivity contribution in [2.45, 2.75) is 19.3 Å². The number of nitrogens with one attached hydrogen (secondary N) is 2. The molecule has 0 spiro atoms. The molecule has 0 radical (unpaired) electrons. The minimum Gasteiger partial charge on any atom is -0.355 e. The fourth-order valence-corrected chi connectivity index (χ4v) is 2.73. The second-order valence-corrected chi connectivity index (χ2v) is 5.77. The van der Waals surface area contributed by atoms with E-state index in [-0.39, 0.29) is 42.5 Å². The molecule has 2 aliphatic heterocycles. The summed E-state index contributed by atoms with van der Waals surface area (Å²) < 4.78 is 0. The highest BCUT2D eigenvalue weighted by atomic mass is 35.5. The summed E-state index contributed by atoms with van der Waals surface area (Å²) in [5.41, 5.74) is 0. The fraction of sp³-hybridized carbons (Fsp3) is 0.857. The second kappa shape index (κ2) is 11.0. The monoisotopic (exact) mass is 354 g/mol. The van der Waals surface area contributed by atoms with Crippen LogP contribution in [-0.2, 0) is 9.59 Å². The Kier molecular flexibility index (Phi) is 10.8. The topological polar surface area (TPSA) is 64.7 Å². The van der Waals surface area contributed by atoms with E-state index in [0.717, 1.165) is 52.1 Å². The third-order valence-electron chi connectivity index (χ3n) is 4.16. The van der Waals surface area contributed by atoms with Gasteiger partial charge in [-0.3, -0.25) is 9.59 Å². The molecule has 8 heteroatoms. The SMILES string of the molecule is CN1CCN(C(=O)CCNC(=O)C2CCCNC2)CC1.Cl.Cl. The number of piperidine rings is 1. The van der Waals surface area contributed by atoms with Crippen molar-refractivity contribution < 1.29 is 9.59 Å². The van der Waals surface area contributed by atoms with E-state index >= 15 is 0 Å². The Hall–Kier alpha value is -0.560. The minimum absolute atomic E-state index is 0. The zero-order valence-corrected chi connectivity index (χ0v) is 14.8. The Bertz CT molecular complexity index is 344. The smallest absolute Gasteiger partial charge is 0.224 e. The van der Waals surface area contributed by atoms with Crippen LogP contribution < -0.4 is 10.6 Å². The summed E-state index contributed by atoms with van der Waals surface area (Å²) in [5, 5.41) is 6.12. The Morgan fingerprint density at radius 1 is 1.18 bits per heavy atom. The first kappa shape index (κ1) is 21.4. The van der Waals surface area contributed by atoms with E-state index in [2.05, 4.69) is 22.6 Å². The molecule has 0 aromatic rings. The van der Waals surface area contributed by atoms with E-state index in [4.69, 9.17) is 0 Å². The summed E-state index contributed by atoms with van der Waals surface area (Å²) in [4.78, 5) is 28.0. The summed E-state index contributed by atoms with van der Waals surface area (Å²) in [6.45, 7) is 5.70. The summed E-state index contributed by atoms with van der Waals surface area (Å²) in [7, 11) is 2.07. The average molecular weight is 355 g/mol. The molecule has 2 saturated heterocycles. The molecule has 22 heavy (non-hydrogen) atoms. The molecule has 2 rings (SSSR count). The largest absolute Gasteiger partial charge is 0.355 e. The van der Waals surface area contributed by atoms with Crippen LogP contribution in [0.2, 0.25) is 0 Å². The van der Waals surface area contributed by atoms with Gasteiger partial charge in [0.2, 0.25) is 11.8 Å². The van der Waals surface area contributed by atoms with Gasteiger partial charge in [0.15, 0.2) is 0 Å². The Balaban J connectivity index is 0.00000220. The molecule has 2 aliphatic rings. The maximum Gasteiger partial charge on any atom is 0.224 e. The van der Waals surface area contributed by atoms with Crippen molar-refractivity contribution in [3.05, 3.63) is 0 Å². The van der Waals surface area contributed by atoms with Gasteiger partial charge < -0.3 is 20.4 Å². The standard InChI is InChI=1S/C14H26N4O2.2ClH/c1-17-7-9-18(10-8-17)13(19)4-6-16-14(20)12-3-2-5-15-11-12;;/h12,15H,2-11H2,1H3,(H,16,20);2*1H. The lowest BCUT2D eigenvalue weighted by Crippen LogP contribution is -2.48. The normalized spacial score (nSPS) is 22.2. The number of piperazine rings is 1. The highest BCUT2D eigenvalue weighted by molar-refractivity contribution is 5.85. The fourth-order valence-electron chi connectivity index (χ4n) is 2.73. The van der Waals surface area contributed by atoms with E-state index in [1.165, 1.54) is 0 Å². The van der Waals surface area contributed by atoms with Crippen molar-refractivity contribution in [3.63, 3.8) is 0 Å². The van der Waals surface area contributed by atoms with Gasteiger partial charge in [0, 0.05) is 45.7 Å². The first-order valence-corrected chi connectivity index (χ1v) is 7.61. The molecule has 2 fully saturated rings. The van der Waals surface area contributed by atoms with Gasteiger partial charge in [0.1, 0.15) is 0 Å². The first-order chi connectivity index (χ1) is 9.66. The van der Waals surface area contributed by atoms with E-state index < -0.39 is 0 Å². The van der Waals surface area contributed by atoms with Crippen LogP contribution >= 0.6 is 24.8 Å². The molecule has 0 aromatic carbocycles. The summed E-state index contributed by atoms with van der Waals surface area (Å²) >= 11 is 0. The van der Waals surface area contributed by atoms with Crippen LogP contribution in [0.1, 0.15) is 19.3 Å². The molecule has 2 amide bonds. The number of carbonyl (C=O) groups is 2. The quantitative estimate of drug-likeness (QED) is 0.752. The molecule has 1 unspecified atom stereocenters. The third-order valence-corrected chi connectivity index (χ3v) is 4.16. The van der Waals surface area contributed by atoms with Gasteiger partial charge in [-0.1, -0.05) is 0 Å². The summed E-state index contributed by atoms with van der Waals surface area (Å²) in [5.74, 6) is 0.311. The zero-order chi connectivity index (χ0) is 14.4. The third kappa shape index (κ3) is 6.69. The average Bonchev–Trinajstić information content (AvgIpc) is 2.48. The first-order valence-electron chi connectivity index (χ1n) is 7.61. The number of rotatable bonds is 4. The van der Waals surface area contributed by atoms with Crippen LogP contribution in [0.4, 0.5) is 0 Å². The van der Waals surface area contributed by atoms with Gasteiger partial charge in [0.05, 0.1) is 5.92 Å². The van der Waals surface area contributed by atoms with Crippen LogP contribution in [0, 0.1) is 5.92 Å². The van der Waals surface area contributed by atoms with Crippen molar-refractivity contribution in [1.82, 2.24) is 20.4 Å². The molecule has 0 aromatic heterocycles. The molecule has 2 heterocycles. The number of hydrogen-bond donors (Lipinski definition) is 2. The molecule has 130 valence electrons. The molecule has 6 nitrogen and oxygen atoms in total. The number of likely N-dealkylation sites (N-methyl/N-ethyl adjacent to an activating group) is 1. The Morgan fingerprint density at radius 3 is 2.45 bits per heavy atom. The maximum absolute atomic E-state index is 12.0. The van der Waals surface area contributed by atoms with E-state index in [9.17, 15) is 9.59 Å². The summed E-state index contributed by atoms with van der Waals surface area (Å²) in [6.07, 6.45) is 2.42. The van der Waals surface area contributed by atoms with E-state index in [0.29, 0.717) is 13.0 Å². The Morgan fingerprint density at radius 2 is 1.86 bits per heavy atom. The predicted molar refractivity (Wildman–Crippen MR) is 91.8 cm³/mol. The molecular weight excluding hydrogens is 327 g/mol. The van der Waals surface area contributed by atoms with Crippen molar-refractivity contribution >= 4 is 36.6 Å². The van der Waals surface area contributed by atoms with E-state index in [1.54, 1.807) is 0 Å². The number of hydrogen-bond acceptors (Lipinski definition) is 4. The molecule has 0 bridgehead atoms. The van der Waals surface area contributed by atoms with Gasteiger partial charge in [-0.25, -0.2) is 0 Å². The van der Waals surface area contributed by atoms with Gasteiger partial charge in [-0.15, -0.1) is 24.8 Å². The highest BCUT2D eigenvalue weighted by Crippen LogP contribution is 2.09. The number of nitrogens with zero attached hydrogens (tertiary/aromatic N) is 2. The second-order valence-electron chi connectivity index (χ2n) is 5.77. The zero-order valence-electron chi connectivity index (χ0n) is 13.2. The maximum atomic E-state index is 12.0. The molecule has 0 aliphatic carbocycles. The summed E-state index contributed by atoms with van der Waals surface area (Å²) in [6, 6.07) is 0. The van der Waals surface area contributed by atoms with Crippen LogP contribution in [0.5, 0.6) is 0 Å². The van der Waals surface area contributed by atoms with Crippen LogP contribution in [0.15, 0.2) is 0 Å². The van der Waals surface area contributed by atoms with E-state index in [1.807, 2.05) is 4.90 Å². The van der Waals surface area contributed by atoms with Gasteiger partial charge in [-0.2, -0.15) is 0 Å². The predicted octanol–water partition coefficient (Wildman–Crippen LogP) is 0.110. The molecule has 2 N–H and O–H groups in total. The van der Waals surface area contributed by atoms with Gasteiger partial charge in [-0.05, 0) is 26.4 Å².